The summed E-state index contributed by atoms with van der Waals surface area (Å²) in [4.78, 5) is 26.2. The molecule has 1 aromatic carbocycles. The van der Waals surface area contributed by atoms with Crippen LogP contribution in [0.25, 0.3) is 10.7 Å². The number of carbonyl (C=O) groups is 1. The molecule has 3 aromatic heterocycles. The molecule has 0 aliphatic carbocycles. The molecule has 0 fully saturated rings. The first-order valence-corrected chi connectivity index (χ1v) is 9.83. The highest BCUT2D eigenvalue weighted by molar-refractivity contribution is 7.17. The minimum absolute atomic E-state index is 0.220. The maximum Gasteiger partial charge on any atom is 0.267 e. The predicted octanol–water partition coefficient (Wildman–Crippen LogP) is 4.74. The van der Waals surface area contributed by atoms with Gasteiger partial charge in [-0.05, 0) is 30.7 Å². The number of carbonyl (C=O) groups excluding carboxylic acids is 1. The van der Waals surface area contributed by atoms with E-state index in [1.54, 1.807) is 24.5 Å². The minimum Gasteiger partial charge on any atom is -0.473 e. The van der Waals surface area contributed by atoms with Gasteiger partial charge in [0.1, 0.15) is 16.5 Å². The number of hydrogen-bond acceptors (Lipinski definition) is 6. The van der Waals surface area contributed by atoms with Crippen molar-refractivity contribution >= 4 is 22.9 Å². The predicted molar refractivity (Wildman–Crippen MR) is 113 cm³/mol. The van der Waals surface area contributed by atoms with E-state index in [1.807, 2.05) is 55.5 Å². The van der Waals surface area contributed by atoms with Crippen LogP contribution in [-0.2, 0) is 6.61 Å². The molecule has 0 atom stereocenters. The summed E-state index contributed by atoms with van der Waals surface area (Å²) in [6.07, 6.45) is 3.28. The van der Waals surface area contributed by atoms with Crippen LogP contribution in [-0.4, -0.2) is 20.9 Å². The van der Waals surface area contributed by atoms with Gasteiger partial charge in [-0.15, -0.1) is 11.3 Å². The average molecular weight is 402 g/mol. The van der Waals surface area contributed by atoms with Crippen LogP contribution in [0, 0.1) is 6.92 Å². The molecule has 0 radical (unpaired) electrons. The zero-order valence-electron chi connectivity index (χ0n) is 15.7. The molecule has 4 rings (SSSR count). The van der Waals surface area contributed by atoms with Crippen LogP contribution in [0.4, 0.5) is 5.69 Å². The van der Waals surface area contributed by atoms with E-state index in [2.05, 4.69) is 20.3 Å². The fourth-order valence-corrected chi connectivity index (χ4v) is 3.60. The molecule has 1 amide bonds. The number of aromatic nitrogens is 3. The van der Waals surface area contributed by atoms with Crippen molar-refractivity contribution in [3.63, 3.8) is 0 Å². The number of benzene rings is 1. The average Bonchev–Trinajstić information content (AvgIpc) is 3.16. The van der Waals surface area contributed by atoms with Crippen LogP contribution in [0.1, 0.15) is 20.9 Å². The Morgan fingerprint density at radius 3 is 2.59 bits per heavy atom. The fraction of sp³-hybridized carbons (Fsp3) is 0.0909. The summed E-state index contributed by atoms with van der Waals surface area (Å²) in [5.74, 6) is 0.278. The second-order valence-corrected chi connectivity index (χ2v) is 7.26. The van der Waals surface area contributed by atoms with Crippen LogP contribution < -0.4 is 10.1 Å². The molecule has 6 nitrogen and oxygen atoms in total. The third kappa shape index (κ3) is 4.64. The Morgan fingerprint density at radius 1 is 1.03 bits per heavy atom. The number of hydrogen-bond donors (Lipinski definition) is 1. The normalized spacial score (nSPS) is 10.5. The van der Waals surface area contributed by atoms with Gasteiger partial charge in [0, 0.05) is 12.3 Å². The maximum atomic E-state index is 12.7. The molecule has 144 valence electrons. The van der Waals surface area contributed by atoms with Gasteiger partial charge in [-0.25, -0.2) is 9.97 Å². The van der Waals surface area contributed by atoms with E-state index < -0.39 is 0 Å². The first-order valence-electron chi connectivity index (χ1n) is 9.02. The third-order valence-electron chi connectivity index (χ3n) is 4.11. The van der Waals surface area contributed by atoms with Crippen LogP contribution in [0.15, 0.2) is 73.1 Å². The number of nitrogens with one attached hydrogen (secondary N) is 1. The Balaban J connectivity index is 1.40. The van der Waals surface area contributed by atoms with Gasteiger partial charge in [-0.1, -0.05) is 36.4 Å². The molecule has 7 heteroatoms. The molecule has 0 saturated heterocycles. The smallest absolute Gasteiger partial charge is 0.267 e. The SMILES string of the molecule is Cc1nc(-c2ccccn2)sc1C(=O)Nc1ccc(OCc2ccccc2)nc1. The van der Waals surface area contributed by atoms with Crippen molar-refractivity contribution in [2.45, 2.75) is 13.5 Å². The van der Waals surface area contributed by atoms with Gasteiger partial charge in [0.2, 0.25) is 5.88 Å². The van der Waals surface area contributed by atoms with E-state index in [4.69, 9.17) is 4.74 Å². The van der Waals surface area contributed by atoms with Gasteiger partial charge in [0.25, 0.3) is 5.91 Å². The van der Waals surface area contributed by atoms with Gasteiger partial charge in [0.05, 0.1) is 23.3 Å². The van der Waals surface area contributed by atoms with E-state index in [1.165, 1.54) is 11.3 Å². The lowest BCUT2D eigenvalue weighted by atomic mass is 10.2. The number of anilines is 1. The van der Waals surface area contributed by atoms with E-state index in [0.717, 1.165) is 16.3 Å². The monoisotopic (exact) mass is 402 g/mol. The Bertz CT molecular complexity index is 1100. The van der Waals surface area contributed by atoms with Crippen molar-refractivity contribution < 1.29 is 9.53 Å². The van der Waals surface area contributed by atoms with Crippen molar-refractivity contribution in [3.8, 4) is 16.6 Å². The van der Waals surface area contributed by atoms with Crippen LogP contribution in [0.3, 0.4) is 0 Å². The van der Waals surface area contributed by atoms with Crippen LogP contribution in [0.2, 0.25) is 0 Å². The molecule has 0 saturated carbocycles. The number of rotatable bonds is 6. The van der Waals surface area contributed by atoms with Crippen molar-refractivity contribution in [2.24, 2.45) is 0 Å². The molecule has 29 heavy (non-hydrogen) atoms. The topological polar surface area (TPSA) is 77.0 Å². The first kappa shape index (κ1) is 18.8. The molecular weight excluding hydrogens is 384 g/mol. The zero-order chi connectivity index (χ0) is 20.1. The molecule has 0 unspecified atom stereocenters. The van der Waals surface area contributed by atoms with E-state index in [9.17, 15) is 4.79 Å². The quantitative estimate of drug-likeness (QED) is 0.504. The summed E-state index contributed by atoms with van der Waals surface area (Å²) >= 11 is 1.32. The van der Waals surface area contributed by atoms with Gasteiger partial charge >= 0.3 is 0 Å². The molecule has 0 aliphatic rings. The molecule has 0 spiro atoms. The number of aryl methyl sites for hydroxylation is 1. The maximum absolute atomic E-state index is 12.7. The summed E-state index contributed by atoms with van der Waals surface area (Å²) in [6, 6.07) is 19.0. The molecule has 1 N–H and O–H groups in total. The molecule has 3 heterocycles. The van der Waals surface area contributed by atoms with Crippen molar-refractivity contribution in [1.29, 1.82) is 0 Å². The number of ether oxygens (including phenoxy) is 1. The summed E-state index contributed by atoms with van der Waals surface area (Å²) in [5.41, 5.74) is 3.08. The lowest BCUT2D eigenvalue weighted by Crippen LogP contribution is -2.11. The molecule has 4 aromatic rings. The van der Waals surface area contributed by atoms with Crippen LogP contribution >= 0.6 is 11.3 Å². The lowest BCUT2D eigenvalue weighted by Gasteiger charge is -2.07. The molecule has 0 bridgehead atoms. The number of thiazole rings is 1. The van der Waals surface area contributed by atoms with Crippen LogP contribution in [0.5, 0.6) is 5.88 Å². The van der Waals surface area contributed by atoms with E-state index in [0.29, 0.717) is 28.7 Å². The van der Waals surface area contributed by atoms with Gasteiger partial charge in [0.15, 0.2) is 0 Å². The second-order valence-electron chi connectivity index (χ2n) is 6.26. The Hall–Kier alpha value is -3.58. The van der Waals surface area contributed by atoms with Gasteiger partial charge in [-0.2, -0.15) is 0 Å². The molecule has 0 aliphatic heterocycles. The van der Waals surface area contributed by atoms with Gasteiger partial charge in [-0.3, -0.25) is 9.78 Å². The highest BCUT2D eigenvalue weighted by atomic mass is 32.1. The van der Waals surface area contributed by atoms with Crippen molar-refractivity contribution in [3.05, 3.63) is 89.2 Å². The Kier molecular flexibility index (Phi) is 5.58. The summed E-state index contributed by atoms with van der Waals surface area (Å²) in [5, 5.41) is 3.58. The Morgan fingerprint density at radius 2 is 1.86 bits per heavy atom. The Labute approximate surface area is 172 Å². The second kappa shape index (κ2) is 8.62. The van der Waals surface area contributed by atoms with E-state index >= 15 is 0 Å². The summed E-state index contributed by atoms with van der Waals surface area (Å²) < 4.78 is 5.67. The van der Waals surface area contributed by atoms with Gasteiger partial charge < -0.3 is 10.1 Å². The third-order valence-corrected chi connectivity index (χ3v) is 5.29. The summed E-state index contributed by atoms with van der Waals surface area (Å²) in [6.45, 7) is 2.26. The zero-order valence-corrected chi connectivity index (χ0v) is 16.5. The van der Waals surface area contributed by atoms with Crippen molar-refractivity contribution in [1.82, 2.24) is 15.0 Å². The largest absolute Gasteiger partial charge is 0.473 e. The van der Waals surface area contributed by atoms with Crippen molar-refractivity contribution in [2.75, 3.05) is 5.32 Å². The number of amides is 1. The first-order chi connectivity index (χ1) is 14.2. The molecular formula is C22H18N4O2S. The fourth-order valence-electron chi connectivity index (χ4n) is 2.66. The standard InChI is InChI=1S/C22H18N4O2S/c1-15-20(29-22(25-15)18-9-5-6-12-23-18)21(27)26-17-10-11-19(24-13-17)28-14-16-7-3-2-4-8-16/h2-13H,14H2,1H3,(H,26,27). The summed E-state index contributed by atoms with van der Waals surface area (Å²) in [7, 11) is 0. The lowest BCUT2D eigenvalue weighted by molar-refractivity contribution is 0.102. The minimum atomic E-state index is -0.220. The highest BCUT2D eigenvalue weighted by Gasteiger charge is 2.17. The number of nitrogens with zero attached hydrogens (tertiary/aromatic N) is 3. The highest BCUT2D eigenvalue weighted by Crippen LogP contribution is 2.27. The number of pyridine rings is 2. The van der Waals surface area contributed by atoms with E-state index in [-0.39, 0.29) is 5.91 Å².